The van der Waals surface area contributed by atoms with Crippen LogP contribution in [0.4, 0.5) is 18.9 Å². The molecular formula is C21H23ClF3N3O. The Morgan fingerprint density at radius 1 is 1.21 bits per heavy atom. The van der Waals surface area contributed by atoms with Crippen LogP contribution in [0.3, 0.4) is 0 Å². The van der Waals surface area contributed by atoms with E-state index in [1.54, 1.807) is 12.4 Å². The van der Waals surface area contributed by atoms with E-state index in [4.69, 9.17) is 11.6 Å². The lowest BCUT2D eigenvalue weighted by molar-refractivity contribution is -0.137. The van der Waals surface area contributed by atoms with Gasteiger partial charge in [-0.25, -0.2) is 0 Å². The van der Waals surface area contributed by atoms with E-state index >= 15 is 0 Å². The van der Waals surface area contributed by atoms with Gasteiger partial charge < -0.3 is 10.6 Å². The van der Waals surface area contributed by atoms with Crippen molar-refractivity contribution in [2.24, 2.45) is 5.92 Å². The Balaban J connectivity index is 1.52. The third-order valence-electron chi connectivity index (χ3n) is 5.34. The van der Waals surface area contributed by atoms with Gasteiger partial charge in [0.2, 0.25) is 0 Å². The highest BCUT2D eigenvalue weighted by Crippen LogP contribution is 2.32. The number of nitrogens with one attached hydrogen (secondary N) is 2. The Bertz CT molecular complexity index is 864. The number of hydrogen-bond acceptors (Lipinski definition) is 3. The van der Waals surface area contributed by atoms with Crippen molar-refractivity contribution in [2.45, 2.75) is 44.8 Å². The molecule has 0 atom stereocenters. The third-order valence-corrected chi connectivity index (χ3v) is 5.67. The van der Waals surface area contributed by atoms with Crippen LogP contribution < -0.4 is 10.6 Å². The number of amides is 1. The van der Waals surface area contributed by atoms with Crippen molar-refractivity contribution in [3.05, 3.63) is 58.4 Å². The van der Waals surface area contributed by atoms with Crippen LogP contribution in [0.5, 0.6) is 0 Å². The van der Waals surface area contributed by atoms with Crippen molar-refractivity contribution >= 4 is 23.2 Å². The number of carbonyl (C=O) groups excluding carboxylic acids is 1. The van der Waals surface area contributed by atoms with E-state index in [0.29, 0.717) is 5.92 Å². The first kappa shape index (κ1) is 21.4. The van der Waals surface area contributed by atoms with Crippen molar-refractivity contribution in [1.82, 2.24) is 10.3 Å². The molecular weight excluding hydrogens is 403 g/mol. The summed E-state index contributed by atoms with van der Waals surface area (Å²) in [5.41, 5.74) is 1.13. The van der Waals surface area contributed by atoms with Gasteiger partial charge in [0, 0.05) is 18.8 Å². The Kier molecular flexibility index (Phi) is 6.67. The van der Waals surface area contributed by atoms with Crippen molar-refractivity contribution in [3.8, 4) is 0 Å². The first-order valence-corrected chi connectivity index (χ1v) is 9.94. The van der Waals surface area contributed by atoms with Gasteiger partial charge in [0.25, 0.3) is 5.91 Å². The standard InChI is InChI=1S/C21H23ClF3N3O/c1-13-8-9-26-12-19(13)27-11-14-2-5-16(6-3-14)28-20(29)17-10-15(21(23,24)25)4-7-18(17)22/h4,7-10,12,14,16,27H,2-3,5-6,11H2,1H3,(H,28,29)/t14-,16-. The van der Waals surface area contributed by atoms with Crippen LogP contribution in [0.1, 0.15) is 47.2 Å². The van der Waals surface area contributed by atoms with Gasteiger partial charge in [0.1, 0.15) is 0 Å². The van der Waals surface area contributed by atoms with Gasteiger partial charge in [0.15, 0.2) is 0 Å². The van der Waals surface area contributed by atoms with Crippen molar-refractivity contribution in [1.29, 1.82) is 0 Å². The summed E-state index contributed by atoms with van der Waals surface area (Å²) < 4.78 is 38.7. The molecule has 1 aliphatic rings. The predicted molar refractivity (Wildman–Crippen MR) is 107 cm³/mol. The molecule has 4 nitrogen and oxygen atoms in total. The molecule has 2 aromatic rings. The quantitative estimate of drug-likeness (QED) is 0.668. The molecule has 1 amide bonds. The van der Waals surface area contributed by atoms with E-state index in [2.05, 4.69) is 15.6 Å². The number of rotatable bonds is 5. The summed E-state index contributed by atoms with van der Waals surface area (Å²) in [5, 5.41) is 6.27. The fraction of sp³-hybridized carbons (Fsp3) is 0.429. The Hall–Kier alpha value is -2.28. The number of alkyl halides is 3. The number of pyridine rings is 1. The van der Waals surface area contributed by atoms with Crippen LogP contribution in [0.25, 0.3) is 0 Å². The lowest BCUT2D eigenvalue weighted by atomic mass is 9.85. The Morgan fingerprint density at radius 3 is 2.59 bits per heavy atom. The Labute approximate surface area is 172 Å². The van der Waals surface area contributed by atoms with E-state index in [1.165, 1.54) is 0 Å². The van der Waals surface area contributed by atoms with Gasteiger partial charge in [-0.1, -0.05) is 11.6 Å². The number of carbonyl (C=O) groups is 1. The summed E-state index contributed by atoms with van der Waals surface area (Å²) in [7, 11) is 0. The molecule has 1 aliphatic carbocycles. The number of hydrogen-bond donors (Lipinski definition) is 2. The smallest absolute Gasteiger partial charge is 0.383 e. The normalized spacial score (nSPS) is 19.6. The van der Waals surface area contributed by atoms with E-state index in [-0.39, 0.29) is 16.6 Å². The minimum Gasteiger partial charge on any atom is -0.383 e. The minimum atomic E-state index is -4.52. The summed E-state index contributed by atoms with van der Waals surface area (Å²) >= 11 is 5.95. The molecule has 1 fully saturated rings. The minimum absolute atomic E-state index is 0.0141. The molecule has 1 heterocycles. The van der Waals surface area contributed by atoms with Crippen LogP contribution >= 0.6 is 11.6 Å². The maximum absolute atomic E-state index is 12.9. The van der Waals surface area contributed by atoms with Gasteiger partial charge in [0.05, 0.1) is 28.0 Å². The average molecular weight is 426 g/mol. The van der Waals surface area contributed by atoms with Crippen LogP contribution in [0.2, 0.25) is 5.02 Å². The van der Waals surface area contributed by atoms with E-state index in [9.17, 15) is 18.0 Å². The SMILES string of the molecule is Cc1ccncc1NC[C@H]1CC[C@H](NC(=O)c2cc(C(F)(F)F)ccc2Cl)CC1. The molecule has 0 aliphatic heterocycles. The zero-order valence-electron chi connectivity index (χ0n) is 16.0. The molecule has 1 aromatic carbocycles. The molecule has 1 aromatic heterocycles. The molecule has 0 unspecified atom stereocenters. The molecule has 0 radical (unpaired) electrons. The maximum atomic E-state index is 12.9. The zero-order chi connectivity index (χ0) is 21.0. The first-order chi connectivity index (χ1) is 13.7. The fourth-order valence-corrected chi connectivity index (χ4v) is 3.76. The summed E-state index contributed by atoms with van der Waals surface area (Å²) in [6.07, 6.45) is 2.45. The second-order valence-corrected chi connectivity index (χ2v) is 7.86. The molecule has 1 saturated carbocycles. The highest BCUT2D eigenvalue weighted by Gasteiger charge is 2.32. The largest absolute Gasteiger partial charge is 0.416 e. The highest BCUT2D eigenvalue weighted by molar-refractivity contribution is 6.33. The molecule has 3 rings (SSSR count). The summed E-state index contributed by atoms with van der Waals surface area (Å²) in [6.45, 7) is 2.85. The molecule has 156 valence electrons. The van der Waals surface area contributed by atoms with Gasteiger partial charge in [-0.2, -0.15) is 13.2 Å². The first-order valence-electron chi connectivity index (χ1n) is 9.56. The Morgan fingerprint density at radius 2 is 1.93 bits per heavy atom. The second-order valence-electron chi connectivity index (χ2n) is 7.45. The zero-order valence-corrected chi connectivity index (χ0v) is 16.8. The molecule has 0 spiro atoms. The molecule has 0 saturated heterocycles. The van der Waals surface area contributed by atoms with Crippen LogP contribution in [-0.4, -0.2) is 23.5 Å². The highest BCUT2D eigenvalue weighted by atomic mass is 35.5. The topological polar surface area (TPSA) is 54.0 Å². The van der Waals surface area contributed by atoms with Crippen LogP contribution in [-0.2, 0) is 6.18 Å². The van der Waals surface area contributed by atoms with Gasteiger partial charge in [-0.15, -0.1) is 0 Å². The molecule has 29 heavy (non-hydrogen) atoms. The third kappa shape index (κ3) is 5.63. The van der Waals surface area contributed by atoms with Crippen molar-refractivity contribution in [2.75, 3.05) is 11.9 Å². The fourth-order valence-electron chi connectivity index (χ4n) is 3.55. The predicted octanol–water partition coefficient (Wildman–Crippen LogP) is 5.46. The lowest BCUT2D eigenvalue weighted by Gasteiger charge is -2.29. The van der Waals surface area contributed by atoms with Gasteiger partial charge in [-0.05, 0) is 68.4 Å². The van der Waals surface area contributed by atoms with Gasteiger partial charge >= 0.3 is 6.18 Å². The monoisotopic (exact) mass is 425 g/mol. The van der Waals surface area contributed by atoms with Crippen molar-refractivity contribution in [3.63, 3.8) is 0 Å². The number of nitrogens with zero attached hydrogens (tertiary/aromatic N) is 1. The summed E-state index contributed by atoms with van der Waals surface area (Å²) in [4.78, 5) is 16.6. The molecule has 2 N–H and O–H groups in total. The molecule has 8 heteroatoms. The number of aromatic nitrogens is 1. The van der Waals surface area contributed by atoms with Crippen LogP contribution in [0, 0.1) is 12.8 Å². The van der Waals surface area contributed by atoms with Crippen LogP contribution in [0.15, 0.2) is 36.7 Å². The summed E-state index contributed by atoms with van der Waals surface area (Å²) in [5.74, 6) is -0.0893. The number of benzene rings is 1. The number of halogens is 4. The maximum Gasteiger partial charge on any atom is 0.416 e. The second kappa shape index (κ2) is 9.03. The molecule has 0 bridgehead atoms. The van der Waals surface area contributed by atoms with Crippen molar-refractivity contribution < 1.29 is 18.0 Å². The average Bonchev–Trinajstić information content (AvgIpc) is 2.68. The lowest BCUT2D eigenvalue weighted by Crippen LogP contribution is -2.38. The van der Waals surface area contributed by atoms with E-state index < -0.39 is 17.6 Å². The van der Waals surface area contributed by atoms with E-state index in [0.717, 1.165) is 61.7 Å². The summed E-state index contributed by atoms with van der Waals surface area (Å²) in [6, 6.07) is 4.69. The van der Waals surface area contributed by atoms with Gasteiger partial charge in [-0.3, -0.25) is 9.78 Å². The number of anilines is 1. The van der Waals surface area contributed by atoms with E-state index in [1.807, 2.05) is 13.0 Å². The number of aryl methyl sites for hydroxylation is 1.